The number of hydrogen-bond donors (Lipinski definition) is 1. The number of rotatable bonds is 2. The molecule has 0 saturated heterocycles. The summed E-state index contributed by atoms with van der Waals surface area (Å²) in [6.45, 7) is 2.28. The first-order chi connectivity index (χ1) is 8.06. The Labute approximate surface area is 111 Å². The number of aromatic nitrogens is 1. The molecule has 1 aromatic rings. The quantitative estimate of drug-likeness (QED) is 0.894. The molecule has 0 aliphatic heterocycles. The molecule has 3 nitrogen and oxygen atoms in total. The number of carbonyl (C=O) groups is 1. The minimum Gasteiger partial charge on any atom is -0.348 e. The number of carbonyl (C=O) groups excluding carboxylic acids is 1. The van der Waals surface area contributed by atoms with Gasteiger partial charge in [-0.2, -0.15) is 0 Å². The summed E-state index contributed by atoms with van der Waals surface area (Å²) in [4.78, 5) is 12.1. The van der Waals surface area contributed by atoms with Crippen LogP contribution in [0.3, 0.4) is 0 Å². The Hall–Kier alpha value is -0.770. The number of amides is 1. The molecule has 0 spiro atoms. The van der Waals surface area contributed by atoms with E-state index in [1.807, 2.05) is 23.9 Å². The Kier molecular flexibility index (Phi) is 3.92. The van der Waals surface area contributed by atoms with Gasteiger partial charge in [-0.1, -0.05) is 6.92 Å². The van der Waals surface area contributed by atoms with Gasteiger partial charge in [0.1, 0.15) is 5.69 Å². The van der Waals surface area contributed by atoms with Crippen LogP contribution in [0.5, 0.6) is 0 Å². The molecule has 0 unspecified atom stereocenters. The maximum Gasteiger partial charge on any atom is 0.268 e. The highest BCUT2D eigenvalue weighted by atomic mass is 79.9. The second-order valence-corrected chi connectivity index (χ2v) is 6.00. The minimum atomic E-state index is 0.0396. The van der Waals surface area contributed by atoms with Gasteiger partial charge in [-0.15, -0.1) is 0 Å². The fourth-order valence-corrected chi connectivity index (χ4v) is 2.94. The Balaban J connectivity index is 1.95. The van der Waals surface area contributed by atoms with Gasteiger partial charge < -0.3 is 9.88 Å². The molecule has 1 heterocycles. The number of aryl methyl sites for hydroxylation is 1. The largest absolute Gasteiger partial charge is 0.348 e. The first-order valence-corrected chi connectivity index (χ1v) is 6.98. The van der Waals surface area contributed by atoms with E-state index in [1.54, 1.807) is 0 Å². The van der Waals surface area contributed by atoms with Crippen LogP contribution in [0, 0.1) is 5.92 Å². The lowest BCUT2D eigenvalue weighted by molar-refractivity contribution is 0.0914. The molecule has 1 fully saturated rings. The van der Waals surface area contributed by atoms with E-state index in [-0.39, 0.29) is 5.91 Å². The van der Waals surface area contributed by atoms with E-state index in [1.165, 1.54) is 12.8 Å². The van der Waals surface area contributed by atoms with Crippen molar-refractivity contribution in [3.05, 3.63) is 22.4 Å². The Morgan fingerprint density at radius 1 is 1.41 bits per heavy atom. The molecule has 1 aliphatic rings. The van der Waals surface area contributed by atoms with Crippen molar-refractivity contribution in [3.8, 4) is 0 Å². The van der Waals surface area contributed by atoms with Crippen molar-refractivity contribution < 1.29 is 4.79 Å². The zero-order chi connectivity index (χ0) is 12.4. The Bertz CT molecular complexity index is 406. The van der Waals surface area contributed by atoms with Gasteiger partial charge in [-0.05, 0) is 53.6 Å². The first kappa shape index (κ1) is 12.7. The molecule has 0 aromatic carbocycles. The summed E-state index contributed by atoms with van der Waals surface area (Å²) in [7, 11) is 1.89. The summed E-state index contributed by atoms with van der Waals surface area (Å²) < 4.78 is 2.80. The lowest BCUT2D eigenvalue weighted by Crippen LogP contribution is -2.38. The van der Waals surface area contributed by atoms with E-state index in [4.69, 9.17) is 0 Å². The first-order valence-electron chi connectivity index (χ1n) is 6.19. The molecule has 0 radical (unpaired) electrons. The van der Waals surface area contributed by atoms with Crippen molar-refractivity contribution >= 4 is 21.8 Å². The lowest BCUT2D eigenvalue weighted by Gasteiger charge is -2.26. The smallest absolute Gasteiger partial charge is 0.268 e. The highest BCUT2D eigenvalue weighted by Crippen LogP contribution is 2.23. The second kappa shape index (κ2) is 5.25. The Morgan fingerprint density at radius 2 is 2.06 bits per heavy atom. The molecule has 4 heteroatoms. The van der Waals surface area contributed by atoms with Crippen LogP contribution < -0.4 is 5.32 Å². The molecular formula is C13H19BrN2O. The monoisotopic (exact) mass is 298 g/mol. The number of hydrogen-bond acceptors (Lipinski definition) is 1. The van der Waals surface area contributed by atoms with Crippen LogP contribution in [0.2, 0.25) is 0 Å². The molecule has 1 amide bonds. The molecule has 0 bridgehead atoms. The van der Waals surface area contributed by atoms with Crippen LogP contribution in [0.1, 0.15) is 43.1 Å². The minimum absolute atomic E-state index is 0.0396. The van der Waals surface area contributed by atoms with Crippen molar-refractivity contribution in [3.63, 3.8) is 0 Å². The van der Waals surface area contributed by atoms with Gasteiger partial charge in [0, 0.05) is 23.8 Å². The van der Waals surface area contributed by atoms with Gasteiger partial charge in [0.05, 0.1) is 0 Å². The predicted octanol–water partition coefficient (Wildman–Crippen LogP) is 3.10. The normalized spacial score (nSPS) is 24.6. The van der Waals surface area contributed by atoms with Crippen molar-refractivity contribution in [1.29, 1.82) is 0 Å². The van der Waals surface area contributed by atoms with Gasteiger partial charge in [0.25, 0.3) is 5.91 Å². The summed E-state index contributed by atoms with van der Waals surface area (Å²) in [5.41, 5.74) is 0.718. The molecule has 1 saturated carbocycles. The second-order valence-electron chi connectivity index (χ2n) is 5.08. The van der Waals surface area contributed by atoms with E-state index in [0.717, 1.165) is 28.9 Å². The van der Waals surface area contributed by atoms with E-state index < -0.39 is 0 Å². The Morgan fingerprint density at radius 3 is 2.59 bits per heavy atom. The van der Waals surface area contributed by atoms with Gasteiger partial charge in [-0.25, -0.2) is 0 Å². The van der Waals surface area contributed by atoms with Crippen LogP contribution in [0.15, 0.2) is 16.7 Å². The summed E-state index contributed by atoms with van der Waals surface area (Å²) in [5, 5.41) is 3.13. The molecule has 1 aromatic heterocycles. The molecule has 17 heavy (non-hydrogen) atoms. The molecule has 0 atom stereocenters. The number of nitrogens with zero attached hydrogens (tertiary/aromatic N) is 1. The van der Waals surface area contributed by atoms with E-state index in [9.17, 15) is 4.79 Å². The third-order valence-corrected chi connectivity index (χ3v) is 3.99. The van der Waals surface area contributed by atoms with E-state index >= 15 is 0 Å². The van der Waals surface area contributed by atoms with Gasteiger partial charge >= 0.3 is 0 Å². The zero-order valence-electron chi connectivity index (χ0n) is 10.4. The van der Waals surface area contributed by atoms with E-state index in [2.05, 4.69) is 28.2 Å². The summed E-state index contributed by atoms with van der Waals surface area (Å²) in [6.07, 6.45) is 6.57. The van der Waals surface area contributed by atoms with Crippen molar-refractivity contribution in [2.45, 2.75) is 38.6 Å². The molecule has 2 rings (SSSR count). The molecule has 1 aliphatic carbocycles. The highest BCUT2D eigenvalue weighted by Gasteiger charge is 2.21. The van der Waals surface area contributed by atoms with Crippen LogP contribution in [0.4, 0.5) is 0 Å². The highest BCUT2D eigenvalue weighted by molar-refractivity contribution is 9.10. The average molecular weight is 299 g/mol. The van der Waals surface area contributed by atoms with E-state index in [0.29, 0.717) is 6.04 Å². The van der Waals surface area contributed by atoms with Crippen molar-refractivity contribution in [2.24, 2.45) is 13.0 Å². The molecule has 1 N–H and O–H groups in total. The van der Waals surface area contributed by atoms with Crippen LogP contribution in [-0.4, -0.2) is 16.5 Å². The van der Waals surface area contributed by atoms with Crippen LogP contribution in [0.25, 0.3) is 0 Å². The summed E-state index contributed by atoms with van der Waals surface area (Å²) in [6, 6.07) is 2.22. The summed E-state index contributed by atoms with van der Waals surface area (Å²) in [5.74, 6) is 0.852. The van der Waals surface area contributed by atoms with Crippen molar-refractivity contribution in [1.82, 2.24) is 9.88 Å². The fourth-order valence-electron chi connectivity index (χ4n) is 2.41. The zero-order valence-corrected chi connectivity index (χ0v) is 12.0. The van der Waals surface area contributed by atoms with Gasteiger partial charge in [0.15, 0.2) is 0 Å². The molecular weight excluding hydrogens is 280 g/mol. The molecule has 94 valence electrons. The average Bonchev–Trinajstić information content (AvgIpc) is 2.61. The van der Waals surface area contributed by atoms with Crippen molar-refractivity contribution in [2.75, 3.05) is 0 Å². The van der Waals surface area contributed by atoms with Gasteiger partial charge in [-0.3, -0.25) is 4.79 Å². The lowest BCUT2D eigenvalue weighted by atomic mass is 9.87. The van der Waals surface area contributed by atoms with Crippen LogP contribution in [-0.2, 0) is 7.05 Å². The fraction of sp³-hybridized carbons (Fsp3) is 0.615. The number of halogens is 1. The number of nitrogens with one attached hydrogen (secondary N) is 1. The summed E-state index contributed by atoms with van der Waals surface area (Å²) >= 11 is 3.38. The topological polar surface area (TPSA) is 34.0 Å². The standard InChI is InChI=1S/C13H19BrN2O/c1-9-3-5-11(6-4-9)15-13(17)12-7-10(14)8-16(12)2/h7-9,11H,3-6H2,1-2H3,(H,15,17). The maximum atomic E-state index is 12.1. The van der Waals surface area contributed by atoms with Crippen LogP contribution >= 0.6 is 15.9 Å². The maximum absolute atomic E-state index is 12.1. The third kappa shape index (κ3) is 3.12. The third-order valence-electron chi connectivity index (χ3n) is 3.56. The SMILES string of the molecule is CC1CCC(NC(=O)c2cc(Br)cn2C)CC1. The van der Waals surface area contributed by atoms with Gasteiger partial charge in [0.2, 0.25) is 0 Å². The predicted molar refractivity (Wildman–Crippen MR) is 72.0 cm³/mol.